The van der Waals surface area contributed by atoms with Gasteiger partial charge in [-0.15, -0.1) is 0 Å². The maximum Gasteiger partial charge on any atom is 0.170 e. The minimum atomic E-state index is -0.126. The summed E-state index contributed by atoms with van der Waals surface area (Å²) in [7, 11) is 0. The first-order valence-electron chi connectivity index (χ1n) is 13.7. The van der Waals surface area contributed by atoms with Gasteiger partial charge in [0.05, 0.1) is 0 Å². The predicted octanol–water partition coefficient (Wildman–Crippen LogP) is 9.08. The van der Waals surface area contributed by atoms with Crippen LogP contribution in [0.4, 0.5) is 0 Å². The Hall–Kier alpha value is -5.29. The van der Waals surface area contributed by atoms with Gasteiger partial charge >= 0.3 is 0 Å². The molecule has 196 valence electrons. The van der Waals surface area contributed by atoms with Gasteiger partial charge in [-0.05, 0) is 52.6 Å². The smallest absolute Gasteiger partial charge is 0.170 e. The Morgan fingerprint density at radius 3 is 1.66 bits per heavy atom. The van der Waals surface area contributed by atoms with Crippen LogP contribution >= 0.6 is 0 Å². The Bertz CT molecular complexity index is 1910. The molecular weight excluding hydrogens is 506 g/mol. The highest BCUT2D eigenvalue weighted by Crippen LogP contribution is 2.55. The number of ether oxygens (including phenoxy) is 2. The summed E-state index contributed by atoms with van der Waals surface area (Å²) in [5, 5.41) is 0. The topological polar surface area (TPSA) is 57.1 Å². The Labute approximate surface area is 238 Å². The van der Waals surface area contributed by atoms with Crippen molar-refractivity contribution in [1.29, 1.82) is 0 Å². The molecule has 0 bridgehead atoms. The fraction of sp³-hybridized carbons (Fsp3) is 0.0833. The summed E-state index contributed by atoms with van der Waals surface area (Å²) in [6.07, 6.45) is 0. The fourth-order valence-corrected chi connectivity index (χ4v) is 5.85. The molecule has 8 rings (SSSR count). The predicted molar refractivity (Wildman–Crippen MR) is 160 cm³/mol. The molecule has 5 aromatic carbocycles. The fourth-order valence-electron chi connectivity index (χ4n) is 5.85. The summed E-state index contributed by atoms with van der Waals surface area (Å²) in [5.74, 6) is 4.52. The highest BCUT2D eigenvalue weighted by molar-refractivity contribution is 5.83. The minimum absolute atomic E-state index is 0.126. The van der Waals surface area contributed by atoms with Gasteiger partial charge in [0.25, 0.3) is 0 Å². The zero-order valence-electron chi connectivity index (χ0n) is 22.6. The Morgan fingerprint density at radius 1 is 0.439 bits per heavy atom. The van der Waals surface area contributed by atoms with Crippen LogP contribution in [0.5, 0.6) is 23.0 Å². The third-order valence-electron chi connectivity index (χ3n) is 7.99. The Morgan fingerprint density at radius 2 is 0.976 bits per heavy atom. The summed E-state index contributed by atoms with van der Waals surface area (Å²) >= 11 is 0. The summed E-state index contributed by atoms with van der Waals surface area (Å²) in [5.41, 5.74) is 7.54. The van der Waals surface area contributed by atoms with Crippen LogP contribution in [-0.4, -0.2) is 15.0 Å². The molecule has 5 nitrogen and oxygen atoms in total. The molecule has 1 aromatic heterocycles. The molecule has 41 heavy (non-hydrogen) atoms. The van der Waals surface area contributed by atoms with Crippen LogP contribution in [0.25, 0.3) is 45.3 Å². The SMILES string of the molecule is CC1(C)c2ccccc2-c2cc3c(cc21)Oc1cc(-c2nc(-c4ccccc4)nc(-c4ccccc4)n2)ccc1O3. The maximum atomic E-state index is 6.49. The molecule has 0 amide bonds. The summed E-state index contributed by atoms with van der Waals surface area (Å²) in [6.45, 7) is 4.52. The third kappa shape index (κ3) is 3.81. The van der Waals surface area contributed by atoms with E-state index in [1.807, 2.05) is 78.9 Å². The number of nitrogens with zero attached hydrogens (tertiary/aromatic N) is 3. The van der Waals surface area contributed by atoms with Crippen molar-refractivity contribution in [2.45, 2.75) is 19.3 Å². The standard InChI is InChI=1S/C36H25N3O2/c1-36(2)27-16-10-9-15-25(27)26-20-31-32(21-28(26)36)41-30-19-24(17-18-29(30)40-31)35-38-33(22-11-5-3-6-12-22)37-34(39-35)23-13-7-4-8-14-23/h3-21H,1-2H3. The van der Waals surface area contributed by atoms with Crippen molar-refractivity contribution >= 4 is 0 Å². The van der Waals surface area contributed by atoms with Crippen LogP contribution in [0.1, 0.15) is 25.0 Å². The molecule has 1 aliphatic carbocycles. The van der Waals surface area contributed by atoms with Gasteiger partial charge in [0.15, 0.2) is 40.5 Å². The summed E-state index contributed by atoms with van der Waals surface area (Å²) < 4.78 is 12.9. The molecule has 0 unspecified atom stereocenters. The quantitative estimate of drug-likeness (QED) is 0.228. The minimum Gasteiger partial charge on any atom is -0.449 e. The molecule has 0 saturated carbocycles. The van der Waals surface area contributed by atoms with E-state index in [2.05, 4.69) is 50.2 Å². The first-order chi connectivity index (χ1) is 20.0. The van der Waals surface area contributed by atoms with Gasteiger partial charge in [-0.25, -0.2) is 15.0 Å². The van der Waals surface area contributed by atoms with E-state index < -0.39 is 0 Å². The number of rotatable bonds is 3. The molecule has 0 N–H and O–H groups in total. The van der Waals surface area contributed by atoms with E-state index in [0.29, 0.717) is 34.7 Å². The number of hydrogen-bond acceptors (Lipinski definition) is 5. The van der Waals surface area contributed by atoms with E-state index in [9.17, 15) is 0 Å². The molecule has 2 heterocycles. The third-order valence-corrected chi connectivity index (χ3v) is 7.99. The van der Waals surface area contributed by atoms with Crippen LogP contribution < -0.4 is 9.47 Å². The Kier molecular flexibility index (Phi) is 5.10. The van der Waals surface area contributed by atoms with Crippen LogP contribution in [-0.2, 0) is 5.41 Å². The van der Waals surface area contributed by atoms with Crippen LogP contribution in [0, 0.1) is 0 Å². The molecule has 1 aliphatic heterocycles. The van der Waals surface area contributed by atoms with Gasteiger partial charge in [0, 0.05) is 22.1 Å². The molecule has 0 spiro atoms. The molecule has 0 fully saturated rings. The van der Waals surface area contributed by atoms with Crippen molar-refractivity contribution < 1.29 is 9.47 Å². The van der Waals surface area contributed by atoms with Crippen molar-refractivity contribution in [3.8, 4) is 68.3 Å². The molecule has 0 atom stereocenters. The normalized spacial score (nSPS) is 13.7. The number of hydrogen-bond donors (Lipinski definition) is 0. The van der Waals surface area contributed by atoms with Gasteiger partial charge in [-0.1, -0.05) is 98.8 Å². The molecular formula is C36H25N3O2. The van der Waals surface area contributed by atoms with Gasteiger partial charge in [0.2, 0.25) is 0 Å². The summed E-state index contributed by atoms with van der Waals surface area (Å²) in [6, 6.07) is 38.6. The zero-order chi connectivity index (χ0) is 27.6. The van der Waals surface area contributed by atoms with Gasteiger partial charge < -0.3 is 9.47 Å². The molecule has 0 radical (unpaired) electrons. The van der Waals surface area contributed by atoms with E-state index >= 15 is 0 Å². The van der Waals surface area contributed by atoms with E-state index in [1.165, 1.54) is 22.3 Å². The lowest BCUT2D eigenvalue weighted by molar-refractivity contribution is 0.359. The molecule has 6 aromatic rings. The van der Waals surface area contributed by atoms with Crippen LogP contribution in [0.15, 0.2) is 115 Å². The zero-order valence-corrected chi connectivity index (χ0v) is 22.6. The van der Waals surface area contributed by atoms with Crippen molar-refractivity contribution in [3.05, 3.63) is 126 Å². The molecule has 2 aliphatic rings. The van der Waals surface area contributed by atoms with Gasteiger partial charge in [0.1, 0.15) is 0 Å². The highest BCUT2D eigenvalue weighted by atomic mass is 16.6. The van der Waals surface area contributed by atoms with Crippen LogP contribution in [0.2, 0.25) is 0 Å². The lowest BCUT2D eigenvalue weighted by Crippen LogP contribution is -2.15. The number of aromatic nitrogens is 3. The number of benzene rings is 5. The van der Waals surface area contributed by atoms with Crippen LogP contribution in [0.3, 0.4) is 0 Å². The second-order valence-electron chi connectivity index (χ2n) is 10.9. The molecule has 5 heteroatoms. The number of fused-ring (bicyclic) bond motifs is 5. The van der Waals surface area contributed by atoms with E-state index in [4.69, 9.17) is 24.4 Å². The lowest BCUT2D eigenvalue weighted by Gasteiger charge is -2.25. The second-order valence-corrected chi connectivity index (χ2v) is 10.9. The second kappa shape index (κ2) is 8.86. The van der Waals surface area contributed by atoms with E-state index in [1.54, 1.807) is 0 Å². The van der Waals surface area contributed by atoms with Gasteiger partial charge in [-0.2, -0.15) is 0 Å². The highest BCUT2D eigenvalue weighted by Gasteiger charge is 2.37. The maximum absolute atomic E-state index is 6.49. The lowest BCUT2D eigenvalue weighted by atomic mass is 9.82. The average molecular weight is 532 g/mol. The van der Waals surface area contributed by atoms with Crippen molar-refractivity contribution in [1.82, 2.24) is 15.0 Å². The Balaban J connectivity index is 1.21. The monoisotopic (exact) mass is 531 g/mol. The largest absolute Gasteiger partial charge is 0.449 e. The van der Waals surface area contributed by atoms with Crippen molar-refractivity contribution in [3.63, 3.8) is 0 Å². The van der Waals surface area contributed by atoms with Crippen molar-refractivity contribution in [2.24, 2.45) is 0 Å². The van der Waals surface area contributed by atoms with Crippen molar-refractivity contribution in [2.75, 3.05) is 0 Å². The van der Waals surface area contributed by atoms with E-state index in [-0.39, 0.29) is 5.41 Å². The van der Waals surface area contributed by atoms with Gasteiger partial charge in [-0.3, -0.25) is 0 Å². The molecule has 0 saturated heterocycles. The average Bonchev–Trinajstić information content (AvgIpc) is 3.25. The first-order valence-corrected chi connectivity index (χ1v) is 13.7. The van der Waals surface area contributed by atoms with E-state index in [0.717, 1.165) is 22.4 Å². The first kappa shape index (κ1) is 23.6. The summed E-state index contributed by atoms with van der Waals surface area (Å²) in [4.78, 5) is 14.5.